The van der Waals surface area contributed by atoms with Crippen LogP contribution in [0.5, 0.6) is 0 Å². The molecule has 0 saturated carbocycles. The summed E-state index contributed by atoms with van der Waals surface area (Å²) < 4.78 is 0. The number of benzene rings is 1. The van der Waals surface area contributed by atoms with Gasteiger partial charge in [0.2, 0.25) is 0 Å². The van der Waals surface area contributed by atoms with E-state index >= 15 is 0 Å². The fourth-order valence-electron chi connectivity index (χ4n) is 2.77. The molecule has 1 aliphatic heterocycles. The maximum Gasteiger partial charge on any atom is 0.0353 e. The van der Waals surface area contributed by atoms with E-state index in [2.05, 4.69) is 56.0 Å². The Kier molecular flexibility index (Phi) is 3.88. The summed E-state index contributed by atoms with van der Waals surface area (Å²) in [7, 11) is 0. The number of likely N-dealkylation sites (tertiary alicyclic amines) is 1. The number of rotatable bonds is 3. The van der Waals surface area contributed by atoms with Crippen molar-refractivity contribution < 1.29 is 0 Å². The maximum atomic E-state index is 2.67. The minimum Gasteiger partial charge on any atom is -0.296 e. The van der Waals surface area contributed by atoms with Crippen molar-refractivity contribution in [2.45, 2.75) is 46.1 Å². The van der Waals surface area contributed by atoms with Crippen LogP contribution in [0.15, 0.2) is 30.3 Å². The molecule has 0 amide bonds. The third-order valence-corrected chi connectivity index (χ3v) is 3.57. The van der Waals surface area contributed by atoms with E-state index in [9.17, 15) is 0 Å². The van der Waals surface area contributed by atoms with Gasteiger partial charge in [-0.05, 0) is 43.3 Å². The van der Waals surface area contributed by atoms with Crippen molar-refractivity contribution in [3.63, 3.8) is 0 Å². The van der Waals surface area contributed by atoms with Gasteiger partial charge in [0.05, 0.1) is 0 Å². The SMILES string of the molecule is CC(C)(C)CC(c1ccccc1)N1CCCC1. The molecule has 1 aromatic rings. The van der Waals surface area contributed by atoms with Gasteiger partial charge < -0.3 is 0 Å². The lowest BCUT2D eigenvalue weighted by Gasteiger charge is -2.33. The molecule has 0 aliphatic carbocycles. The van der Waals surface area contributed by atoms with E-state index in [1.807, 2.05) is 0 Å². The summed E-state index contributed by atoms with van der Waals surface area (Å²) >= 11 is 0. The van der Waals surface area contributed by atoms with Gasteiger partial charge in [-0.3, -0.25) is 4.90 Å². The molecule has 2 rings (SSSR count). The van der Waals surface area contributed by atoms with Crippen LogP contribution in [-0.4, -0.2) is 18.0 Å². The molecule has 1 unspecified atom stereocenters. The highest BCUT2D eigenvalue weighted by Crippen LogP contribution is 2.35. The van der Waals surface area contributed by atoms with E-state index in [1.165, 1.54) is 37.9 Å². The van der Waals surface area contributed by atoms with Crippen molar-refractivity contribution in [1.82, 2.24) is 4.90 Å². The average molecular weight is 231 g/mol. The van der Waals surface area contributed by atoms with Crippen molar-refractivity contribution in [1.29, 1.82) is 0 Å². The Morgan fingerprint density at radius 2 is 1.65 bits per heavy atom. The Balaban J connectivity index is 2.17. The van der Waals surface area contributed by atoms with Crippen LogP contribution >= 0.6 is 0 Å². The Bertz CT molecular complexity index is 330. The predicted octanol–water partition coefficient (Wildman–Crippen LogP) is 4.26. The molecule has 1 nitrogen and oxygen atoms in total. The van der Waals surface area contributed by atoms with E-state index < -0.39 is 0 Å². The molecule has 0 bridgehead atoms. The van der Waals surface area contributed by atoms with Crippen LogP contribution in [0.2, 0.25) is 0 Å². The summed E-state index contributed by atoms with van der Waals surface area (Å²) in [6.07, 6.45) is 3.98. The van der Waals surface area contributed by atoms with Crippen LogP contribution in [0.1, 0.15) is 51.6 Å². The van der Waals surface area contributed by atoms with Crippen LogP contribution in [-0.2, 0) is 0 Å². The zero-order valence-electron chi connectivity index (χ0n) is 11.4. The Labute approximate surface area is 106 Å². The normalized spacial score (nSPS) is 19.5. The van der Waals surface area contributed by atoms with E-state index in [1.54, 1.807) is 0 Å². The lowest BCUT2D eigenvalue weighted by molar-refractivity contribution is 0.179. The van der Waals surface area contributed by atoms with Crippen molar-refractivity contribution in [3.05, 3.63) is 35.9 Å². The topological polar surface area (TPSA) is 3.24 Å². The van der Waals surface area contributed by atoms with Gasteiger partial charge in [-0.2, -0.15) is 0 Å². The first-order valence-corrected chi connectivity index (χ1v) is 6.85. The van der Waals surface area contributed by atoms with Crippen molar-refractivity contribution in [2.24, 2.45) is 5.41 Å². The minimum atomic E-state index is 0.392. The lowest BCUT2D eigenvalue weighted by Crippen LogP contribution is -2.29. The molecule has 1 aliphatic rings. The van der Waals surface area contributed by atoms with E-state index in [0.717, 1.165) is 0 Å². The van der Waals surface area contributed by atoms with Crippen LogP contribution in [0.25, 0.3) is 0 Å². The summed E-state index contributed by atoms with van der Waals surface area (Å²) in [5.74, 6) is 0. The summed E-state index contributed by atoms with van der Waals surface area (Å²) in [5.41, 5.74) is 1.88. The molecule has 1 heterocycles. The van der Waals surface area contributed by atoms with Gasteiger partial charge in [-0.15, -0.1) is 0 Å². The smallest absolute Gasteiger partial charge is 0.0353 e. The fraction of sp³-hybridized carbons (Fsp3) is 0.625. The third kappa shape index (κ3) is 3.57. The zero-order valence-corrected chi connectivity index (χ0v) is 11.4. The predicted molar refractivity (Wildman–Crippen MR) is 74.1 cm³/mol. The molecule has 1 fully saturated rings. The molecular weight excluding hydrogens is 206 g/mol. The van der Waals surface area contributed by atoms with Crippen LogP contribution in [0.3, 0.4) is 0 Å². The highest BCUT2D eigenvalue weighted by atomic mass is 15.2. The molecule has 1 heteroatoms. The summed E-state index contributed by atoms with van der Waals surface area (Å²) in [6, 6.07) is 11.6. The molecule has 0 N–H and O–H groups in total. The van der Waals surface area contributed by atoms with Gasteiger partial charge in [0.25, 0.3) is 0 Å². The van der Waals surface area contributed by atoms with Crippen molar-refractivity contribution in [3.8, 4) is 0 Å². The van der Waals surface area contributed by atoms with Gasteiger partial charge in [0.1, 0.15) is 0 Å². The Hall–Kier alpha value is -0.820. The largest absolute Gasteiger partial charge is 0.296 e. The highest BCUT2D eigenvalue weighted by Gasteiger charge is 2.27. The monoisotopic (exact) mass is 231 g/mol. The second-order valence-corrected chi connectivity index (χ2v) is 6.43. The van der Waals surface area contributed by atoms with E-state index in [4.69, 9.17) is 0 Å². The van der Waals surface area contributed by atoms with Gasteiger partial charge in [-0.1, -0.05) is 51.1 Å². The quantitative estimate of drug-likeness (QED) is 0.751. The molecule has 0 aromatic heterocycles. The van der Waals surface area contributed by atoms with Gasteiger partial charge in [0.15, 0.2) is 0 Å². The summed E-state index contributed by atoms with van der Waals surface area (Å²) in [6.45, 7) is 9.59. The second kappa shape index (κ2) is 5.22. The average Bonchev–Trinajstić information content (AvgIpc) is 2.79. The second-order valence-electron chi connectivity index (χ2n) is 6.43. The number of nitrogens with zero attached hydrogens (tertiary/aromatic N) is 1. The molecule has 0 spiro atoms. The first kappa shape index (κ1) is 12.6. The molecule has 17 heavy (non-hydrogen) atoms. The number of hydrogen-bond donors (Lipinski definition) is 0. The van der Waals surface area contributed by atoms with Crippen molar-refractivity contribution >= 4 is 0 Å². The van der Waals surface area contributed by atoms with Gasteiger partial charge >= 0.3 is 0 Å². The van der Waals surface area contributed by atoms with Crippen LogP contribution in [0, 0.1) is 5.41 Å². The third-order valence-electron chi connectivity index (χ3n) is 3.57. The molecule has 1 aromatic carbocycles. The maximum absolute atomic E-state index is 2.67. The van der Waals surface area contributed by atoms with Gasteiger partial charge in [-0.25, -0.2) is 0 Å². The standard InChI is InChI=1S/C16H25N/c1-16(2,3)13-15(17-11-7-8-12-17)14-9-5-4-6-10-14/h4-6,9-10,15H,7-8,11-13H2,1-3H3. The highest BCUT2D eigenvalue weighted by molar-refractivity contribution is 5.19. The van der Waals surface area contributed by atoms with Gasteiger partial charge in [0, 0.05) is 6.04 Å². The fourth-order valence-corrected chi connectivity index (χ4v) is 2.77. The molecule has 0 radical (unpaired) electrons. The Morgan fingerprint density at radius 3 is 2.18 bits per heavy atom. The lowest BCUT2D eigenvalue weighted by atomic mass is 9.85. The van der Waals surface area contributed by atoms with E-state index in [-0.39, 0.29) is 0 Å². The summed E-state index contributed by atoms with van der Waals surface area (Å²) in [4.78, 5) is 2.67. The number of hydrogen-bond acceptors (Lipinski definition) is 1. The Morgan fingerprint density at radius 1 is 1.06 bits per heavy atom. The molecular formula is C16H25N. The first-order valence-electron chi connectivity index (χ1n) is 6.85. The first-order chi connectivity index (χ1) is 8.06. The minimum absolute atomic E-state index is 0.392. The molecule has 94 valence electrons. The van der Waals surface area contributed by atoms with Crippen LogP contribution < -0.4 is 0 Å². The zero-order chi connectivity index (χ0) is 12.3. The van der Waals surface area contributed by atoms with Crippen molar-refractivity contribution in [2.75, 3.05) is 13.1 Å². The van der Waals surface area contributed by atoms with Crippen LogP contribution in [0.4, 0.5) is 0 Å². The summed E-state index contributed by atoms with van der Waals surface area (Å²) in [5, 5.41) is 0. The molecule has 1 saturated heterocycles. The van der Waals surface area contributed by atoms with E-state index in [0.29, 0.717) is 11.5 Å². The molecule has 1 atom stereocenters.